The van der Waals surface area contributed by atoms with Crippen LogP contribution in [0, 0.1) is 0 Å². The van der Waals surface area contributed by atoms with Crippen LogP contribution in [0.2, 0.25) is 0 Å². The number of benzene rings is 5. The Labute approximate surface area is 275 Å². The maximum atomic E-state index is 16.8. The number of halogens is 1. The Morgan fingerprint density at radius 1 is 0.646 bits per heavy atom. The molecule has 0 saturated heterocycles. The molecular weight excluding hydrogens is 595 g/mol. The molecule has 5 nitrogen and oxygen atoms in total. The number of aromatic nitrogens is 4. The summed E-state index contributed by atoms with van der Waals surface area (Å²) >= 11 is 0. The fourth-order valence-corrected chi connectivity index (χ4v) is 7.84. The van der Waals surface area contributed by atoms with E-state index in [0.29, 0.717) is 11.1 Å². The molecule has 1 aliphatic rings. The van der Waals surface area contributed by atoms with Gasteiger partial charge in [-0.05, 0) is 52.9 Å². The van der Waals surface area contributed by atoms with E-state index in [9.17, 15) is 0 Å². The van der Waals surface area contributed by atoms with Gasteiger partial charge in [0.2, 0.25) is 0 Å². The fourth-order valence-electron chi connectivity index (χ4n) is 7.84. The molecular formula is C42H29FN4O. The van der Waals surface area contributed by atoms with E-state index >= 15 is 4.39 Å². The number of hydrogen-bond acceptors (Lipinski definition) is 3. The Kier molecular flexibility index (Phi) is 5.51. The van der Waals surface area contributed by atoms with Crippen molar-refractivity contribution in [2.45, 2.75) is 25.4 Å². The summed E-state index contributed by atoms with van der Waals surface area (Å²) in [6, 6.07) is 38.5. The summed E-state index contributed by atoms with van der Waals surface area (Å²) in [6.45, 7) is 4.48. The van der Waals surface area contributed by atoms with Crippen LogP contribution in [0.5, 0.6) is 11.5 Å². The van der Waals surface area contributed by atoms with E-state index in [2.05, 4.69) is 64.2 Å². The first kappa shape index (κ1) is 27.1. The van der Waals surface area contributed by atoms with E-state index < -0.39 is 6.17 Å². The van der Waals surface area contributed by atoms with Crippen molar-refractivity contribution in [2.75, 3.05) is 0 Å². The van der Waals surface area contributed by atoms with Gasteiger partial charge in [0.25, 0.3) is 0 Å². The van der Waals surface area contributed by atoms with Gasteiger partial charge in [-0.1, -0.05) is 92.7 Å². The second kappa shape index (κ2) is 9.75. The van der Waals surface area contributed by atoms with Crippen LogP contribution in [0.1, 0.15) is 42.3 Å². The molecule has 230 valence electrons. The summed E-state index contributed by atoms with van der Waals surface area (Å²) in [4.78, 5) is 9.43. The summed E-state index contributed by atoms with van der Waals surface area (Å²) in [7, 11) is 0. The van der Waals surface area contributed by atoms with Gasteiger partial charge in [-0.15, -0.1) is 0 Å². The summed E-state index contributed by atoms with van der Waals surface area (Å²) < 4.78 is 27.8. The molecule has 6 heteroatoms. The third kappa shape index (κ3) is 3.65. The number of para-hydroxylation sites is 2. The van der Waals surface area contributed by atoms with Crippen molar-refractivity contribution in [1.29, 1.82) is 0 Å². The van der Waals surface area contributed by atoms with Crippen LogP contribution in [0.25, 0.3) is 54.9 Å². The third-order valence-corrected chi connectivity index (χ3v) is 10.2. The maximum Gasteiger partial charge on any atom is 0.156 e. The number of alkyl halides is 1. The van der Waals surface area contributed by atoms with Crippen LogP contribution in [0.15, 0.2) is 134 Å². The Morgan fingerprint density at radius 3 is 2.27 bits per heavy atom. The number of fused-ring (bicyclic) bond motifs is 12. The van der Waals surface area contributed by atoms with Crippen LogP contribution < -0.4 is 4.74 Å². The van der Waals surface area contributed by atoms with Gasteiger partial charge in [0, 0.05) is 56.7 Å². The van der Waals surface area contributed by atoms with Crippen LogP contribution in [0.3, 0.4) is 0 Å². The molecule has 0 spiro atoms. The molecule has 0 aliphatic carbocycles. The van der Waals surface area contributed by atoms with Gasteiger partial charge in [-0.2, -0.15) is 0 Å². The predicted molar refractivity (Wildman–Crippen MR) is 190 cm³/mol. The minimum atomic E-state index is -1.36. The van der Waals surface area contributed by atoms with Crippen molar-refractivity contribution >= 4 is 49.1 Å². The van der Waals surface area contributed by atoms with Crippen LogP contribution in [-0.4, -0.2) is 18.9 Å². The Bertz CT molecular complexity index is 2760. The molecule has 1 atom stereocenters. The van der Waals surface area contributed by atoms with Crippen molar-refractivity contribution < 1.29 is 9.13 Å². The maximum absolute atomic E-state index is 16.8. The van der Waals surface area contributed by atoms with Crippen molar-refractivity contribution in [2.24, 2.45) is 0 Å². The lowest BCUT2D eigenvalue weighted by atomic mass is 9.75. The molecule has 0 N–H and O–H groups in total. The summed E-state index contributed by atoms with van der Waals surface area (Å²) in [5.74, 6) is 2.40. The minimum absolute atomic E-state index is 0.277. The van der Waals surface area contributed by atoms with Crippen molar-refractivity contribution in [3.8, 4) is 17.3 Å². The molecule has 0 bridgehead atoms. The normalized spacial score (nSPS) is 14.4. The lowest BCUT2D eigenvalue weighted by molar-refractivity contribution is 0.402. The molecule has 0 amide bonds. The van der Waals surface area contributed by atoms with E-state index in [4.69, 9.17) is 9.72 Å². The number of nitrogens with zero attached hydrogens (tertiary/aromatic N) is 4. The predicted octanol–water partition coefficient (Wildman–Crippen LogP) is 10.6. The number of imidazole rings is 1. The molecule has 0 fully saturated rings. The molecule has 1 aliphatic heterocycles. The first-order valence-corrected chi connectivity index (χ1v) is 16.2. The zero-order chi connectivity index (χ0) is 32.1. The van der Waals surface area contributed by atoms with Gasteiger partial charge >= 0.3 is 0 Å². The molecule has 9 aromatic rings. The largest absolute Gasteiger partial charge is 0.454 e. The van der Waals surface area contributed by atoms with E-state index in [0.717, 1.165) is 77.6 Å². The van der Waals surface area contributed by atoms with E-state index in [1.807, 2.05) is 85.1 Å². The molecule has 5 aromatic carbocycles. The molecule has 48 heavy (non-hydrogen) atoms. The summed E-state index contributed by atoms with van der Waals surface area (Å²) in [6.07, 6.45) is 4.20. The number of hydrogen-bond donors (Lipinski definition) is 0. The highest BCUT2D eigenvalue weighted by Crippen LogP contribution is 2.52. The minimum Gasteiger partial charge on any atom is -0.454 e. The average Bonchev–Trinajstić information content (AvgIpc) is 3.75. The van der Waals surface area contributed by atoms with E-state index in [1.165, 1.54) is 0 Å². The number of ether oxygens (including phenoxy) is 1. The SMILES string of the molecule is CC1(C)c2ccccc2Oc2c1ccc1c3ccc(C(F)c4ccc5c6ccccc6n6ccnc6c5c4)cc3n(-c3ccccn3)c21. The first-order valence-electron chi connectivity index (χ1n) is 16.2. The van der Waals surface area contributed by atoms with Gasteiger partial charge in [0.15, 0.2) is 11.9 Å². The highest BCUT2D eigenvalue weighted by Gasteiger charge is 2.36. The Hall–Kier alpha value is -6.01. The van der Waals surface area contributed by atoms with Gasteiger partial charge in [-0.25, -0.2) is 14.4 Å². The van der Waals surface area contributed by atoms with Crippen LogP contribution in [-0.2, 0) is 5.41 Å². The van der Waals surface area contributed by atoms with E-state index in [1.54, 1.807) is 12.4 Å². The van der Waals surface area contributed by atoms with Gasteiger partial charge in [0.1, 0.15) is 17.2 Å². The van der Waals surface area contributed by atoms with Crippen LogP contribution in [0.4, 0.5) is 4.39 Å². The number of pyridine rings is 2. The van der Waals surface area contributed by atoms with Gasteiger partial charge < -0.3 is 4.74 Å². The third-order valence-electron chi connectivity index (χ3n) is 10.2. The van der Waals surface area contributed by atoms with Crippen molar-refractivity contribution in [3.63, 3.8) is 0 Å². The lowest BCUT2D eigenvalue weighted by Gasteiger charge is -2.35. The highest BCUT2D eigenvalue weighted by molar-refractivity contribution is 6.13. The smallest absolute Gasteiger partial charge is 0.156 e. The lowest BCUT2D eigenvalue weighted by Crippen LogP contribution is -2.24. The molecule has 5 heterocycles. The highest BCUT2D eigenvalue weighted by atomic mass is 19.1. The molecule has 0 radical (unpaired) electrons. The van der Waals surface area contributed by atoms with Gasteiger partial charge in [-0.3, -0.25) is 8.97 Å². The van der Waals surface area contributed by atoms with Crippen molar-refractivity contribution in [1.82, 2.24) is 18.9 Å². The second-order valence-electron chi connectivity index (χ2n) is 13.2. The Morgan fingerprint density at radius 2 is 1.40 bits per heavy atom. The molecule has 10 rings (SSSR count). The first-order chi connectivity index (χ1) is 23.5. The zero-order valence-corrected chi connectivity index (χ0v) is 26.4. The monoisotopic (exact) mass is 624 g/mol. The van der Waals surface area contributed by atoms with E-state index in [-0.39, 0.29) is 5.41 Å². The van der Waals surface area contributed by atoms with Crippen LogP contribution >= 0.6 is 0 Å². The quantitative estimate of drug-likeness (QED) is 0.184. The fraction of sp³-hybridized carbons (Fsp3) is 0.0952. The summed E-state index contributed by atoms with van der Waals surface area (Å²) in [5.41, 5.74) is 6.83. The second-order valence-corrected chi connectivity index (χ2v) is 13.2. The standard InChI is InChI=1S/C42H29FN4O/c1-42(2)32-10-4-6-12-36(32)48-40-33(42)19-18-30-29-17-15-26(24-35(29)47(39(30)40)37-13-7-8-20-44-37)38(43)25-14-16-27-28-9-3-5-11-34(28)46-22-21-45-41(46)31(27)23-25/h3-24,38H,1-2H3. The number of rotatable bonds is 3. The molecule has 4 aromatic heterocycles. The van der Waals surface area contributed by atoms with Gasteiger partial charge in [0.05, 0.1) is 16.6 Å². The molecule has 0 saturated carbocycles. The van der Waals surface area contributed by atoms with Crippen molar-refractivity contribution in [3.05, 3.63) is 156 Å². The Balaban J connectivity index is 1.19. The molecule has 1 unspecified atom stereocenters. The average molecular weight is 625 g/mol. The zero-order valence-electron chi connectivity index (χ0n) is 26.4. The summed E-state index contributed by atoms with van der Waals surface area (Å²) in [5, 5.41) is 5.14. The topological polar surface area (TPSA) is 44.4 Å².